The lowest BCUT2D eigenvalue weighted by Crippen LogP contribution is -2.14. The molecule has 7 heteroatoms. The van der Waals surface area contributed by atoms with Gasteiger partial charge in [-0.15, -0.1) is 0 Å². The number of rotatable bonds is 9. The van der Waals surface area contributed by atoms with E-state index in [1.54, 1.807) is 34.6 Å². The smallest absolute Gasteiger partial charge is 0.373 e. The predicted octanol–water partition coefficient (Wildman–Crippen LogP) is 3.08. The summed E-state index contributed by atoms with van der Waals surface area (Å²) in [6.45, 7) is 9.15. The summed E-state index contributed by atoms with van der Waals surface area (Å²) in [6, 6.07) is 0. The lowest BCUT2D eigenvalue weighted by molar-refractivity contribution is -0.143. The number of ether oxygens (including phenoxy) is 2. The normalized spacial score (nSPS) is 12.6. The van der Waals surface area contributed by atoms with Gasteiger partial charge in [-0.1, -0.05) is 0 Å². The van der Waals surface area contributed by atoms with Gasteiger partial charge in [-0.2, -0.15) is 0 Å². The largest absolute Gasteiger partial charge is 0.484 e. The van der Waals surface area contributed by atoms with Crippen molar-refractivity contribution >= 4 is 13.6 Å². The van der Waals surface area contributed by atoms with Gasteiger partial charge in [0.1, 0.15) is 0 Å². The van der Waals surface area contributed by atoms with Crippen molar-refractivity contribution in [2.75, 3.05) is 19.8 Å². The highest BCUT2D eigenvalue weighted by Crippen LogP contribution is 2.50. The van der Waals surface area contributed by atoms with Gasteiger partial charge in [0, 0.05) is 0 Å². The Morgan fingerprint density at radius 1 is 1.11 bits per heavy atom. The van der Waals surface area contributed by atoms with Crippen molar-refractivity contribution in [3.63, 3.8) is 0 Å². The van der Waals surface area contributed by atoms with Crippen LogP contribution in [0.1, 0.15) is 34.6 Å². The number of esters is 1. The van der Waals surface area contributed by atoms with Crippen molar-refractivity contribution in [2.45, 2.75) is 40.7 Å². The minimum absolute atomic E-state index is 0.151. The first-order valence-electron chi connectivity index (χ1n) is 6.33. The molecule has 0 amide bonds. The van der Waals surface area contributed by atoms with Crippen molar-refractivity contribution in [1.29, 1.82) is 0 Å². The van der Waals surface area contributed by atoms with E-state index in [-0.39, 0.29) is 31.7 Å². The van der Waals surface area contributed by atoms with Gasteiger partial charge in [0.25, 0.3) is 0 Å². The number of hydrogen-bond acceptors (Lipinski definition) is 6. The van der Waals surface area contributed by atoms with Crippen molar-refractivity contribution in [2.24, 2.45) is 0 Å². The van der Waals surface area contributed by atoms with Crippen LogP contribution in [-0.2, 0) is 27.9 Å². The molecule has 0 radical (unpaired) electrons. The summed E-state index contributed by atoms with van der Waals surface area (Å²) >= 11 is 0. The molecule has 0 heterocycles. The first-order chi connectivity index (χ1) is 8.88. The summed E-state index contributed by atoms with van der Waals surface area (Å²) < 4.78 is 32.6. The Morgan fingerprint density at radius 2 is 1.63 bits per heavy atom. The molecule has 0 aromatic heterocycles. The number of carbonyl (C=O) groups excluding carboxylic acids is 1. The van der Waals surface area contributed by atoms with Gasteiger partial charge in [-0.05, 0) is 34.6 Å². The third kappa shape index (κ3) is 7.35. The van der Waals surface area contributed by atoms with Crippen LogP contribution in [0.2, 0.25) is 0 Å². The predicted molar refractivity (Wildman–Crippen MR) is 71.8 cm³/mol. The molecule has 0 aromatic rings. The van der Waals surface area contributed by atoms with Crippen molar-refractivity contribution in [3.05, 3.63) is 11.6 Å². The standard InChI is InChI=1S/C12H23O6P/c1-6-15-12(13)11(18-10(4)5)9-19(14,16-7-2)17-8-3/h9-10H,6-8H2,1-5H3. The van der Waals surface area contributed by atoms with Crippen molar-refractivity contribution in [3.8, 4) is 0 Å². The summed E-state index contributed by atoms with van der Waals surface area (Å²) in [5.41, 5.74) is 0. The zero-order valence-corrected chi connectivity index (χ0v) is 13.1. The molecule has 0 spiro atoms. The molecular weight excluding hydrogens is 271 g/mol. The molecule has 0 rings (SSSR count). The summed E-state index contributed by atoms with van der Waals surface area (Å²) in [7, 11) is -3.50. The highest BCUT2D eigenvalue weighted by Gasteiger charge is 2.26. The zero-order valence-electron chi connectivity index (χ0n) is 12.2. The second-order valence-electron chi connectivity index (χ2n) is 3.76. The Hall–Kier alpha value is -0.840. The van der Waals surface area contributed by atoms with E-state index in [4.69, 9.17) is 18.5 Å². The summed E-state index contributed by atoms with van der Waals surface area (Å²) in [5.74, 6) is 0.246. The van der Waals surface area contributed by atoms with E-state index in [0.29, 0.717) is 0 Å². The number of hydrogen-bond donors (Lipinski definition) is 0. The van der Waals surface area contributed by atoms with Crippen molar-refractivity contribution < 1.29 is 27.9 Å². The molecular formula is C12H23O6P. The molecule has 0 N–H and O–H groups in total. The van der Waals surface area contributed by atoms with Crippen LogP contribution in [0.15, 0.2) is 11.6 Å². The first kappa shape index (κ1) is 18.2. The van der Waals surface area contributed by atoms with E-state index in [2.05, 4.69) is 0 Å². The van der Waals surface area contributed by atoms with E-state index in [1.165, 1.54) is 0 Å². The van der Waals surface area contributed by atoms with Gasteiger partial charge in [0.15, 0.2) is 0 Å². The van der Waals surface area contributed by atoms with Crippen LogP contribution in [0.5, 0.6) is 0 Å². The fraction of sp³-hybridized carbons (Fsp3) is 0.750. The molecule has 0 saturated heterocycles. The van der Waals surface area contributed by atoms with Gasteiger partial charge in [0.2, 0.25) is 5.76 Å². The maximum atomic E-state index is 12.3. The third-order valence-corrected chi connectivity index (χ3v) is 3.52. The summed E-state index contributed by atoms with van der Waals surface area (Å²) in [6.07, 6.45) is -0.257. The summed E-state index contributed by atoms with van der Waals surface area (Å²) in [4.78, 5) is 11.7. The molecule has 19 heavy (non-hydrogen) atoms. The van der Waals surface area contributed by atoms with Gasteiger partial charge in [0.05, 0.1) is 31.7 Å². The fourth-order valence-electron chi connectivity index (χ4n) is 1.20. The van der Waals surface area contributed by atoms with Gasteiger partial charge in [-0.25, -0.2) is 4.79 Å². The topological polar surface area (TPSA) is 71.1 Å². The zero-order chi connectivity index (χ0) is 14.9. The second-order valence-corrected chi connectivity index (χ2v) is 5.61. The molecule has 0 bridgehead atoms. The molecule has 112 valence electrons. The molecule has 0 unspecified atom stereocenters. The highest BCUT2D eigenvalue weighted by molar-refractivity contribution is 7.57. The quantitative estimate of drug-likeness (QED) is 0.282. The van der Waals surface area contributed by atoms with Crippen LogP contribution in [0.25, 0.3) is 0 Å². The fourth-order valence-corrected chi connectivity index (χ4v) is 2.60. The average Bonchev–Trinajstić information content (AvgIpc) is 2.28. The molecule has 0 aliphatic carbocycles. The van der Waals surface area contributed by atoms with E-state index < -0.39 is 13.6 Å². The Kier molecular flexibility index (Phi) is 8.72. The Labute approximate surface area is 114 Å². The van der Waals surface area contributed by atoms with Crippen LogP contribution in [0.3, 0.4) is 0 Å². The maximum absolute atomic E-state index is 12.3. The Balaban J connectivity index is 5.22. The highest BCUT2D eigenvalue weighted by atomic mass is 31.2. The van der Waals surface area contributed by atoms with Crippen LogP contribution >= 0.6 is 7.60 Å². The van der Waals surface area contributed by atoms with Crippen LogP contribution in [-0.4, -0.2) is 31.9 Å². The molecule has 0 aromatic carbocycles. The van der Waals surface area contributed by atoms with E-state index in [0.717, 1.165) is 5.82 Å². The van der Waals surface area contributed by atoms with Crippen LogP contribution in [0.4, 0.5) is 0 Å². The molecule has 0 aliphatic heterocycles. The lowest BCUT2D eigenvalue weighted by Gasteiger charge is -2.17. The maximum Gasteiger partial charge on any atom is 0.373 e. The lowest BCUT2D eigenvalue weighted by atomic mass is 10.4. The first-order valence-corrected chi connectivity index (χ1v) is 7.95. The van der Waals surface area contributed by atoms with Gasteiger partial charge >= 0.3 is 13.6 Å². The third-order valence-electron chi connectivity index (χ3n) is 1.73. The Bertz CT molecular complexity index is 340. The average molecular weight is 294 g/mol. The monoisotopic (exact) mass is 294 g/mol. The second kappa shape index (κ2) is 9.13. The van der Waals surface area contributed by atoms with Gasteiger partial charge < -0.3 is 18.5 Å². The molecule has 0 fully saturated rings. The molecule has 0 atom stereocenters. The molecule has 0 saturated carbocycles. The van der Waals surface area contributed by atoms with E-state index >= 15 is 0 Å². The number of carbonyl (C=O) groups is 1. The Morgan fingerprint density at radius 3 is 2.00 bits per heavy atom. The molecule has 0 aliphatic rings. The van der Waals surface area contributed by atoms with Gasteiger partial charge in [-0.3, -0.25) is 4.57 Å². The molecule has 6 nitrogen and oxygen atoms in total. The SMILES string of the molecule is CCOC(=O)C(=CP(=O)(OCC)OCC)OC(C)C. The summed E-state index contributed by atoms with van der Waals surface area (Å²) in [5, 5.41) is 0. The van der Waals surface area contributed by atoms with Crippen LogP contribution in [0, 0.1) is 0 Å². The van der Waals surface area contributed by atoms with E-state index in [9.17, 15) is 9.36 Å². The van der Waals surface area contributed by atoms with Crippen LogP contribution < -0.4 is 0 Å². The minimum atomic E-state index is -3.50. The van der Waals surface area contributed by atoms with E-state index in [1.807, 2.05) is 0 Å². The van der Waals surface area contributed by atoms with Crippen molar-refractivity contribution in [1.82, 2.24) is 0 Å². The minimum Gasteiger partial charge on any atom is -0.484 e.